The summed E-state index contributed by atoms with van der Waals surface area (Å²) < 4.78 is 5.62. The van der Waals surface area contributed by atoms with E-state index in [1.165, 1.54) is 0 Å². The number of hydrogen-bond acceptors (Lipinski definition) is 3. The summed E-state index contributed by atoms with van der Waals surface area (Å²) in [7, 11) is 0. The molecule has 3 aromatic rings. The molecule has 2 heterocycles. The van der Waals surface area contributed by atoms with Crippen LogP contribution in [0.2, 0.25) is 0 Å². The van der Waals surface area contributed by atoms with Crippen molar-refractivity contribution < 1.29 is 4.42 Å². The van der Waals surface area contributed by atoms with Gasteiger partial charge in [-0.1, -0.05) is 11.6 Å². The lowest BCUT2D eigenvalue weighted by Gasteiger charge is -2.00. The van der Waals surface area contributed by atoms with Crippen LogP contribution in [-0.4, -0.2) is 4.98 Å². The third-order valence-electron chi connectivity index (χ3n) is 2.59. The zero-order chi connectivity index (χ0) is 11.1. The monoisotopic (exact) mass is 211 g/mol. The molecule has 0 aliphatic heterocycles. The number of fused-ring (bicyclic) bond motifs is 2. The SMILES string of the molecule is Cc1ccc2oc3cccnc3c(=O)c2c1. The van der Waals surface area contributed by atoms with Gasteiger partial charge in [0.25, 0.3) is 0 Å². The highest BCUT2D eigenvalue weighted by molar-refractivity contribution is 5.87. The lowest BCUT2D eigenvalue weighted by Crippen LogP contribution is -2.03. The van der Waals surface area contributed by atoms with E-state index in [0.29, 0.717) is 22.1 Å². The Labute approximate surface area is 91.3 Å². The topological polar surface area (TPSA) is 43.1 Å². The first-order valence-corrected chi connectivity index (χ1v) is 5.04. The Morgan fingerprint density at radius 3 is 2.94 bits per heavy atom. The van der Waals surface area contributed by atoms with Crippen molar-refractivity contribution in [3.63, 3.8) is 0 Å². The standard InChI is InChI=1S/C13H9NO2/c1-8-4-5-10-9(7-8)13(15)12-11(16-10)3-2-6-14-12/h2-7H,1H3. The first-order chi connectivity index (χ1) is 7.75. The number of pyridine rings is 1. The van der Waals surface area contributed by atoms with E-state index in [4.69, 9.17) is 4.42 Å². The maximum atomic E-state index is 12.1. The van der Waals surface area contributed by atoms with Crippen molar-refractivity contribution in [3.05, 3.63) is 52.3 Å². The van der Waals surface area contributed by atoms with Crippen LogP contribution in [0.15, 0.2) is 45.7 Å². The van der Waals surface area contributed by atoms with Crippen LogP contribution in [0, 0.1) is 6.92 Å². The van der Waals surface area contributed by atoms with Crippen molar-refractivity contribution in [1.29, 1.82) is 0 Å². The Bertz CT molecular complexity index is 744. The van der Waals surface area contributed by atoms with E-state index in [2.05, 4.69) is 4.98 Å². The molecule has 0 unspecified atom stereocenters. The molecule has 0 atom stereocenters. The molecule has 3 rings (SSSR count). The minimum atomic E-state index is -0.0689. The van der Waals surface area contributed by atoms with E-state index in [1.807, 2.05) is 25.1 Å². The lowest BCUT2D eigenvalue weighted by molar-refractivity contribution is 0.658. The molecule has 0 saturated heterocycles. The molecule has 0 aliphatic carbocycles. The summed E-state index contributed by atoms with van der Waals surface area (Å²) in [5.74, 6) is 0. The fraction of sp³-hybridized carbons (Fsp3) is 0.0769. The number of aryl methyl sites for hydroxylation is 1. The Kier molecular flexibility index (Phi) is 1.80. The Hall–Kier alpha value is -2.16. The van der Waals surface area contributed by atoms with Gasteiger partial charge in [0.1, 0.15) is 5.58 Å². The second-order valence-electron chi connectivity index (χ2n) is 3.78. The first-order valence-electron chi connectivity index (χ1n) is 5.04. The maximum Gasteiger partial charge on any atom is 0.218 e. The molecule has 0 bridgehead atoms. The normalized spacial score (nSPS) is 11.1. The lowest BCUT2D eigenvalue weighted by atomic mass is 10.1. The molecular weight excluding hydrogens is 202 g/mol. The second-order valence-corrected chi connectivity index (χ2v) is 3.78. The van der Waals surface area contributed by atoms with Gasteiger partial charge < -0.3 is 4.42 Å². The first kappa shape index (κ1) is 9.09. The van der Waals surface area contributed by atoms with Crippen molar-refractivity contribution in [1.82, 2.24) is 4.98 Å². The van der Waals surface area contributed by atoms with E-state index >= 15 is 0 Å². The van der Waals surface area contributed by atoms with Gasteiger partial charge in [-0.2, -0.15) is 0 Å². The van der Waals surface area contributed by atoms with Crippen molar-refractivity contribution >= 4 is 22.1 Å². The van der Waals surface area contributed by atoms with Gasteiger partial charge in [-0.3, -0.25) is 4.79 Å². The predicted octanol–water partition coefficient (Wildman–Crippen LogP) is 2.65. The molecule has 2 aromatic heterocycles. The number of rotatable bonds is 0. The van der Waals surface area contributed by atoms with E-state index in [0.717, 1.165) is 5.56 Å². The maximum absolute atomic E-state index is 12.1. The predicted molar refractivity (Wildman–Crippen MR) is 62.5 cm³/mol. The summed E-state index contributed by atoms with van der Waals surface area (Å²) in [6.07, 6.45) is 1.60. The molecule has 0 fully saturated rings. The third kappa shape index (κ3) is 1.21. The van der Waals surface area contributed by atoms with Gasteiger partial charge in [0, 0.05) is 6.20 Å². The quantitative estimate of drug-likeness (QED) is 0.537. The summed E-state index contributed by atoms with van der Waals surface area (Å²) in [6, 6.07) is 9.08. The molecule has 78 valence electrons. The highest BCUT2D eigenvalue weighted by Gasteiger charge is 2.07. The van der Waals surface area contributed by atoms with Gasteiger partial charge in [0.2, 0.25) is 5.43 Å². The van der Waals surface area contributed by atoms with Crippen LogP contribution >= 0.6 is 0 Å². The summed E-state index contributed by atoms with van der Waals surface area (Å²) in [5.41, 5.74) is 2.50. The second kappa shape index (κ2) is 3.17. The largest absolute Gasteiger partial charge is 0.454 e. The molecule has 3 nitrogen and oxygen atoms in total. The molecule has 16 heavy (non-hydrogen) atoms. The highest BCUT2D eigenvalue weighted by Crippen LogP contribution is 2.17. The molecule has 0 N–H and O–H groups in total. The summed E-state index contributed by atoms with van der Waals surface area (Å²) in [6.45, 7) is 1.95. The van der Waals surface area contributed by atoms with Crippen molar-refractivity contribution in [2.45, 2.75) is 6.92 Å². The fourth-order valence-electron chi connectivity index (χ4n) is 1.80. The average Bonchev–Trinajstić information content (AvgIpc) is 2.31. The van der Waals surface area contributed by atoms with Crippen LogP contribution in [0.1, 0.15) is 5.56 Å². The molecular formula is C13H9NO2. The molecule has 0 amide bonds. The molecule has 0 radical (unpaired) electrons. The third-order valence-corrected chi connectivity index (χ3v) is 2.59. The van der Waals surface area contributed by atoms with Gasteiger partial charge in [0.15, 0.2) is 11.1 Å². The summed E-state index contributed by atoms with van der Waals surface area (Å²) in [4.78, 5) is 16.2. The molecule has 1 aromatic carbocycles. The van der Waals surface area contributed by atoms with E-state index in [-0.39, 0.29) is 5.43 Å². The average molecular weight is 211 g/mol. The minimum Gasteiger partial charge on any atom is -0.454 e. The van der Waals surface area contributed by atoms with Crippen LogP contribution in [0.5, 0.6) is 0 Å². The highest BCUT2D eigenvalue weighted by atomic mass is 16.3. The van der Waals surface area contributed by atoms with Gasteiger partial charge in [-0.25, -0.2) is 4.98 Å². The van der Waals surface area contributed by atoms with E-state index in [9.17, 15) is 4.79 Å². The van der Waals surface area contributed by atoms with Gasteiger partial charge in [0.05, 0.1) is 5.39 Å². The molecule has 0 aliphatic rings. The molecule has 0 spiro atoms. The molecule has 3 heteroatoms. The number of benzene rings is 1. The summed E-state index contributed by atoms with van der Waals surface area (Å²) in [5, 5.41) is 0.589. The van der Waals surface area contributed by atoms with Crippen LogP contribution in [0.4, 0.5) is 0 Å². The smallest absolute Gasteiger partial charge is 0.218 e. The fourth-order valence-corrected chi connectivity index (χ4v) is 1.80. The Morgan fingerprint density at radius 2 is 2.06 bits per heavy atom. The Balaban J connectivity index is 2.61. The minimum absolute atomic E-state index is 0.0689. The van der Waals surface area contributed by atoms with Crippen LogP contribution in [-0.2, 0) is 0 Å². The number of hydrogen-bond donors (Lipinski definition) is 0. The number of nitrogens with zero attached hydrogens (tertiary/aromatic N) is 1. The van der Waals surface area contributed by atoms with E-state index < -0.39 is 0 Å². The number of aromatic nitrogens is 1. The van der Waals surface area contributed by atoms with Crippen molar-refractivity contribution in [3.8, 4) is 0 Å². The van der Waals surface area contributed by atoms with E-state index in [1.54, 1.807) is 18.3 Å². The molecule has 0 saturated carbocycles. The van der Waals surface area contributed by atoms with Crippen LogP contribution in [0.3, 0.4) is 0 Å². The van der Waals surface area contributed by atoms with Crippen LogP contribution in [0.25, 0.3) is 22.1 Å². The Morgan fingerprint density at radius 1 is 1.19 bits per heavy atom. The van der Waals surface area contributed by atoms with Crippen LogP contribution < -0.4 is 5.43 Å². The zero-order valence-electron chi connectivity index (χ0n) is 8.73. The zero-order valence-corrected chi connectivity index (χ0v) is 8.73. The summed E-state index contributed by atoms with van der Waals surface area (Å²) >= 11 is 0. The van der Waals surface area contributed by atoms with Crippen molar-refractivity contribution in [2.24, 2.45) is 0 Å². The van der Waals surface area contributed by atoms with Gasteiger partial charge in [-0.05, 0) is 31.2 Å². The van der Waals surface area contributed by atoms with Crippen molar-refractivity contribution in [2.75, 3.05) is 0 Å². The van der Waals surface area contributed by atoms with Gasteiger partial charge in [-0.15, -0.1) is 0 Å². The van der Waals surface area contributed by atoms with Gasteiger partial charge >= 0.3 is 0 Å².